The van der Waals surface area contributed by atoms with Gasteiger partial charge in [0.15, 0.2) is 0 Å². The van der Waals surface area contributed by atoms with Crippen LogP contribution in [0.5, 0.6) is 0 Å². The zero-order chi connectivity index (χ0) is 23.0. The minimum atomic E-state index is -4.06. The van der Waals surface area contributed by atoms with Gasteiger partial charge in [-0.1, -0.05) is 43.5 Å². The summed E-state index contributed by atoms with van der Waals surface area (Å²) in [5.74, 6) is -1.33. The average molecular weight is 452 g/mol. The highest BCUT2D eigenvalue weighted by Gasteiger charge is 2.26. The zero-order valence-electron chi connectivity index (χ0n) is 18.1. The summed E-state index contributed by atoms with van der Waals surface area (Å²) in [6.07, 6.45) is 6.46. The number of benzene rings is 2. The highest BCUT2D eigenvalue weighted by molar-refractivity contribution is 7.89. The molecule has 172 valence electrons. The molecule has 2 aromatic rings. The Labute approximate surface area is 184 Å². The van der Waals surface area contributed by atoms with E-state index in [-0.39, 0.29) is 11.3 Å². The van der Waals surface area contributed by atoms with Gasteiger partial charge in [-0.2, -0.15) is 4.72 Å². The summed E-state index contributed by atoms with van der Waals surface area (Å²) in [6.45, 7) is -0.431. The zero-order valence-corrected chi connectivity index (χ0v) is 18.9. The van der Waals surface area contributed by atoms with Gasteiger partial charge in [0.1, 0.15) is 6.04 Å². The molecule has 0 spiro atoms. The summed E-state index contributed by atoms with van der Waals surface area (Å²) >= 11 is 0. The number of sulfonamides is 1. The monoisotopic (exact) mass is 451 g/mol. The molecular formula is C22H33N3O5S. The van der Waals surface area contributed by atoms with Crippen molar-refractivity contribution >= 4 is 32.5 Å². The van der Waals surface area contributed by atoms with Crippen LogP contribution in [0.4, 0.5) is 5.69 Å². The molecule has 0 saturated heterocycles. The van der Waals surface area contributed by atoms with E-state index in [1.165, 1.54) is 38.2 Å². The third kappa shape index (κ3) is 6.90. The largest absolute Gasteiger partial charge is 0.480 e. The minimum Gasteiger partial charge on any atom is -0.480 e. The smallest absolute Gasteiger partial charge is 0.321 e. The van der Waals surface area contributed by atoms with Gasteiger partial charge in [-0.3, -0.25) is 4.79 Å². The number of carbonyl (C=O) groups is 1. The molecule has 5 N–H and O–H groups in total. The van der Waals surface area contributed by atoms with Crippen LogP contribution in [0.2, 0.25) is 0 Å². The van der Waals surface area contributed by atoms with Crippen molar-refractivity contribution in [2.45, 2.75) is 55.5 Å². The number of anilines is 1. The number of nitrogens with zero attached hydrogens (tertiary/aromatic N) is 1. The highest BCUT2D eigenvalue weighted by atomic mass is 32.2. The minimum absolute atomic E-state index is 0.00731. The number of rotatable bonds is 7. The van der Waals surface area contributed by atoms with Gasteiger partial charge in [-0.05, 0) is 31.4 Å². The fourth-order valence-electron chi connectivity index (χ4n) is 3.64. The lowest BCUT2D eigenvalue weighted by molar-refractivity contribution is -0.139. The predicted molar refractivity (Wildman–Crippen MR) is 123 cm³/mol. The van der Waals surface area contributed by atoms with Gasteiger partial charge >= 0.3 is 5.97 Å². The van der Waals surface area contributed by atoms with Gasteiger partial charge in [0.05, 0.1) is 4.90 Å². The molecule has 0 aliphatic heterocycles. The SMILES string of the molecule is CN(C)c1cccc2c(S(=O)(=O)NC(CCO)C(=O)O)cccc12.NC1CCCCC1. The van der Waals surface area contributed by atoms with Gasteiger partial charge in [0.25, 0.3) is 0 Å². The number of hydrogen-bond acceptors (Lipinski definition) is 6. The van der Waals surface area contributed by atoms with E-state index in [4.69, 9.17) is 15.9 Å². The third-order valence-electron chi connectivity index (χ3n) is 5.29. The lowest BCUT2D eigenvalue weighted by Crippen LogP contribution is -2.41. The van der Waals surface area contributed by atoms with Crippen LogP contribution in [0.25, 0.3) is 10.8 Å². The first-order valence-electron chi connectivity index (χ1n) is 10.5. The normalized spacial score (nSPS) is 15.7. The number of aliphatic hydroxyl groups is 1. The van der Waals surface area contributed by atoms with E-state index in [1.807, 2.05) is 31.1 Å². The number of nitrogens with two attached hydrogens (primary N) is 1. The molecule has 1 aliphatic rings. The van der Waals surface area contributed by atoms with Gasteiger partial charge in [-0.15, -0.1) is 0 Å². The van der Waals surface area contributed by atoms with E-state index in [0.29, 0.717) is 11.4 Å². The van der Waals surface area contributed by atoms with Crippen molar-refractivity contribution < 1.29 is 23.4 Å². The number of aliphatic hydroxyl groups excluding tert-OH is 1. The van der Waals surface area contributed by atoms with Crippen LogP contribution in [0.3, 0.4) is 0 Å². The Kier molecular flexibility index (Phi) is 9.24. The maximum atomic E-state index is 12.6. The second-order valence-corrected chi connectivity index (χ2v) is 9.63. The number of carboxylic acids is 1. The highest BCUT2D eigenvalue weighted by Crippen LogP contribution is 2.30. The average Bonchev–Trinajstić information content (AvgIpc) is 2.73. The Balaban J connectivity index is 0.000000412. The molecule has 1 aliphatic carbocycles. The van der Waals surface area contributed by atoms with Crippen LogP contribution in [-0.2, 0) is 14.8 Å². The van der Waals surface area contributed by atoms with Crippen molar-refractivity contribution in [3.63, 3.8) is 0 Å². The first kappa shape index (κ1) is 25.1. The quantitative estimate of drug-likeness (QED) is 0.508. The molecule has 0 amide bonds. The molecule has 9 heteroatoms. The maximum Gasteiger partial charge on any atom is 0.321 e. The molecule has 31 heavy (non-hydrogen) atoms. The van der Waals surface area contributed by atoms with Crippen LogP contribution in [-0.4, -0.2) is 57.4 Å². The van der Waals surface area contributed by atoms with Gasteiger partial charge in [-0.25, -0.2) is 8.42 Å². The molecule has 1 fully saturated rings. The Hall–Kier alpha value is -2.20. The number of aliphatic carboxylic acids is 1. The van der Waals surface area contributed by atoms with E-state index < -0.39 is 28.6 Å². The van der Waals surface area contributed by atoms with Crippen molar-refractivity contribution in [3.05, 3.63) is 36.4 Å². The maximum absolute atomic E-state index is 12.6. The van der Waals surface area contributed by atoms with E-state index in [9.17, 15) is 13.2 Å². The van der Waals surface area contributed by atoms with Crippen molar-refractivity contribution in [1.29, 1.82) is 0 Å². The molecule has 3 rings (SSSR count). The van der Waals surface area contributed by atoms with E-state index in [1.54, 1.807) is 18.2 Å². The Morgan fingerprint density at radius 1 is 1.13 bits per heavy atom. The first-order chi connectivity index (χ1) is 14.7. The fraction of sp³-hybridized carbons (Fsp3) is 0.500. The van der Waals surface area contributed by atoms with Gasteiger partial charge in [0, 0.05) is 43.2 Å². The molecule has 1 saturated carbocycles. The molecule has 0 aromatic heterocycles. The number of carboxylic acid groups (broad SMARTS) is 1. The molecule has 0 heterocycles. The van der Waals surface area contributed by atoms with Crippen LogP contribution in [0.15, 0.2) is 41.3 Å². The summed E-state index contributed by atoms with van der Waals surface area (Å²) in [5, 5.41) is 19.3. The summed E-state index contributed by atoms with van der Waals surface area (Å²) < 4.78 is 27.4. The van der Waals surface area contributed by atoms with Crippen molar-refractivity contribution in [3.8, 4) is 0 Å². The summed E-state index contributed by atoms with van der Waals surface area (Å²) in [4.78, 5) is 13.0. The molecule has 2 aromatic carbocycles. The summed E-state index contributed by atoms with van der Waals surface area (Å²) in [5.41, 5.74) is 6.49. The van der Waals surface area contributed by atoms with Crippen molar-refractivity contribution in [2.75, 3.05) is 25.6 Å². The van der Waals surface area contributed by atoms with Crippen LogP contribution in [0, 0.1) is 0 Å². The third-order valence-corrected chi connectivity index (χ3v) is 6.82. The topological polar surface area (TPSA) is 133 Å². The molecule has 1 unspecified atom stereocenters. The molecular weight excluding hydrogens is 418 g/mol. The number of fused-ring (bicyclic) bond motifs is 1. The molecule has 8 nitrogen and oxygen atoms in total. The Bertz CT molecular complexity index is 972. The molecule has 0 bridgehead atoms. The summed E-state index contributed by atoms with van der Waals surface area (Å²) in [7, 11) is -0.342. The fourth-order valence-corrected chi connectivity index (χ4v) is 5.08. The van der Waals surface area contributed by atoms with Crippen LogP contribution >= 0.6 is 0 Å². The number of nitrogens with one attached hydrogen (secondary N) is 1. The van der Waals surface area contributed by atoms with Crippen LogP contribution in [0.1, 0.15) is 38.5 Å². The standard InChI is InChI=1S/C16H20N2O5S.C6H13N/c1-18(2)14-7-3-6-12-11(14)5-4-8-15(12)24(22,23)17-13(9-10-19)16(20)21;7-6-4-2-1-3-5-6/h3-8,13,17,19H,9-10H2,1-2H3,(H,20,21);6H,1-5,7H2. The van der Waals surface area contributed by atoms with Crippen LogP contribution < -0.4 is 15.4 Å². The lowest BCUT2D eigenvalue weighted by Gasteiger charge is -2.18. The lowest BCUT2D eigenvalue weighted by atomic mass is 9.97. The van der Waals surface area contributed by atoms with Gasteiger partial charge < -0.3 is 20.8 Å². The first-order valence-corrected chi connectivity index (χ1v) is 12.0. The Morgan fingerprint density at radius 2 is 1.74 bits per heavy atom. The molecule has 0 radical (unpaired) electrons. The molecule has 1 atom stereocenters. The van der Waals surface area contributed by atoms with Crippen molar-refractivity contribution in [1.82, 2.24) is 4.72 Å². The predicted octanol–water partition coefficient (Wildman–Crippen LogP) is 2.30. The van der Waals surface area contributed by atoms with E-state index in [0.717, 1.165) is 11.1 Å². The van der Waals surface area contributed by atoms with Gasteiger partial charge in [0.2, 0.25) is 10.0 Å². The Morgan fingerprint density at radius 3 is 2.26 bits per heavy atom. The van der Waals surface area contributed by atoms with E-state index >= 15 is 0 Å². The van der Waals surface area contributed by atoms with E-state index in [2.05, 4.69) is 4.72 Å². The van der Waals surface area contributed by atoms with Crippen molar-refractivity contribution in [2.24, 2.45) is 5.73 Å². The second-order valence-electron chi connectivity index (χ2n) is 7.95. The number of hydrogen-bond donors (Lipinski definition) is 4. The summed E-state index contributed by atoms with van der Waals surface area (Å²) in [6, 6.07) is 9.32. The second kappa shape index (κ2) is 11.4.